The van der Waals surface area contributed by atoms with Gasteiger partial charge in [0.2, 0.25) is 0 Å². The summed E-state index contributed by atoms with van der Waals surface area (Å²) in [5.41, 5.74) is 14.0. The molecule has 4 atom stereocenters. The van der Waals surface area contributed by atoms with Crippen molar-refractivity contribution < 1.29 is 70.3 Å². The number of carboxylic acid groups (broad SMARTS) is 2. The quantitative estimate of drug-likeness (QED) is 0.0736. The van der Waals surface area contributed by atoms with E-state index in [2.05, 4.69) is 20.9 Å². The highest BCUT2D eigenvalue weighted by atomic mass is 35.5. The number of nitrogens with two attached hydrogens (primary N) is 2. The number of carbonyl (C=O) groups excluding carboxylic acids is 2. The van der Waals surface area contributed by atoms with Gasteiger partial charge in [0, 0.05) is 24.7 Å². The summed E-state index contributed by atoms with van der Waals surface area (Å²) in [7, 11) is 1.82. The normalized spacial score (nSPS) is 17.0. The van der Waals surface area contributed by atoms with Gasteiger partial charge in [0.05, 0.1) is 23.8 Å². The van der Waals surface area contributed by atoms with Crippen LogP contribution in [-0.4, -0.2) is 88.8 Å². The maximum absolute atomic E-state index is 13.8. The molecule has 2 amide bonds. The molecular formula is C29H34ClF7N6O8. The largest absolute Gasteiger partial charge is 0.490 e. The van der Waals surface area contributed by atoms with E-state index in [4.69, 9.17) is 42.9 Å². The molecular weight excluding hydrogens is 729 g/mol. The first kappa shape index (κ1) is 44.3. The van der Waals surface area contributed by atoms with Crippen molar-refractivity contribution in [2.45, 2.75) is 49.8 Å². The Morgan fingerprint density at radius 1 is 0.941 bits per heavy atom. The van der Waals surface area contributed by atoms with E-state index in [0.29, 0.717) is 19.4 Å². The molecule has 14 nitrogen and oxygen atoms in total. The number of rotatable bonds is 10. The van der Waals surface area contributed by atoms with Crippen LogP contribution in [0, 0.1) is 11.7 Å². The van der Waals surface area contributed by atoms with Gasteiger partial charge in [0.25, 0.3) is 0 Å². The molecule has 0 saturated heterocycles. The molecule has 0 aliphatic heterocycles. The molecule has 0 aromatic heterocycles. The lowest BCUT2D eigenvalue weighted by atomic mass is 9.86. The number of aliphatic carboxylic acids is 2. The summed E-state index contributed by atoms with van der Waals surface area (Å²) in [6, 6.07) is 8.94. The van der Waals surface area contributed by atoms with E-state index in [1.807, 2.05) is 25.2 Å². The fraction of sp³-hybridized carbons (Fsp3) is 0.414. The van der Waals surface area contributed by atoms with E-state index < -0.39 is 54.1 Å². The highest BCUT2D eigenvalue weighted by Gasteiger charge is 2.42. The summed E-state index contributed by atoms with van der Waals surface area (Å²) < 4.78 is 77.2. The van der Waals surface area contributed by atoms with Crippen molar-refractivity contribution in [3.05, 3.63) is 63.9 Å². The molecule has 2 aromatic carbocycles. The Morgan fingerprint density at radius 3 is 1.98 bits per heavy atom. The van der Waals surface area contributed by atoms with Crippen molar-refractivity contribution in [3.8, 4) is 0 Å². The second kappa shape index (κ2) is 19.6. The van der Waals surface area contributed by atoms with Crippen LogP contribution < -0.4 is 27.4 Å². The van der Waals surface area contributed by atoms with Crippen LogP contribution in [0.2, 0.25) is 5.02 Å². The number of halogens is 8. The van der Waals surface area contributed by atoms with Gasteiger partial charge in [-0.05, 0) is 60.7 Å². The third kappa shape index (κ3) is 14.6. The van der Waals surface area contributed by atoms with Gasteiger partial charge in [-0.25, -0.2) is 14.0 Å². The lowest BCUT2D eigenvalue weighted by molar-refractivity contribution is -0.193. The van der Waals surface area contributed by atoms with E-state index in [9.17, 15) is 50.5 Å². The van der Waals surface area contributed by atoms with Gasteiger partial charge >= 0.3 is 36.1 Å². The second-order valence-corrected chi connectivity index (χ2v) is 11.0. The minimum atomic E-state index is -5.08. The van der Waals surface area contributed by atoms with E-state index in [1.165, 1.54) is 12.1 Å². The minimum absolute atomic E-state index is 0.0816. The summed E-state index contributed by atoms with van der Waals surface area (Å²) >= 11 is 5.68. The van der Waals surface area contributed by atoms with E-state index >= 15 is 0 Å². The molecule has 0 spiro atoms. The highest BCUT2D eigenvalue weighted by Crippen LogP contribution is 2.48. The van der Waals surface area contributed by atoms with Gasteiger partial charge in [-0.2, -0.15) is 26.3 Å². The molecule has 2 aromatic rings. The number of aliphatic hydroxyl groups is 2. The monoisotopic (exact) mass is 762 g/mol. The summed E-state index contributed by atoms with van der Waals surface area (Å²) in [5.74, 6) is -8.76. The number of nitrogens with zero attached hydrogens (tertiary/aromatic N) is 1. The molecule has 1 aliphatic carbocycles. The molecule has 284 valence electrons. The number of benzene rings is 2. The number of aliphatic imine (C=N–C) groups is 1. The van der Waals surface area contributed by atoms with Crippen molar-refractivity contribution in [1.29, 1.82) is 0 Å². The fourth-order valence-electron chi connectivity index (χ4n) is 4.67. The Labute approximate surface area is 289 Å². The maximum Gasteiger partial charge on any atom is 0.490 e. The molecule has 22 heteroatoms. The van der Waals surface area contributed by atoms with Crippen LogP contribution in [0.3, 0.4) is 0 Å². The predicted octanol–water partition coefficient (Wildman–Crippen LogP) is 2.38. The Bertz CT molecular complexity index is 1530. The first-order valence-electron chi connectivity index (χ1n) is 14.3. The number of fused-ring (bicyclic) bond motifs is 1. The van der Waals surface area contributed by atoms with Crippen LogP contribution >= 0.6 is 11.6 Å². The average molecular weight is 763 g/mol. The molecule has 0 fully saturated rings. The zero-order valence-corrected chi connectivity index (χ0v) is 27.1. The maximum atomic E-state index is 13.8. The summed E-state index contributed by atoms with van der Waals surface area (Å²) in [6.45, 7) is 0.376. The number of amides is 2. The standard InChI is InChI=1S/C25H32ClFN6O4.2C2HF3O2/c1-30-10-13-2-5-16-17(6-4-15(35)12-34)19(11-31-25(28)29)22(18(16)8-13)33-24(37)23(36)32-14-3-7-20(26)21(27)9-14;2*3-2(4,5)1(6)7/h2-3,5,7-9,15,17,19,22,30,34-35H,4,6,10-12H2,1H3,(H,32,36)(H,33,37)(H4,28,29,31);2*(H,6,7)/t15-,17+,19-,22-;;/m0../s1. The summed E-state index contributed by atoms with van der Waals surface area (Å²) in [4.78, 5) is 47.6. The molecule has 0 saturated carbocycles. The zero-order chi connectivity index (χ0) is 39.3. The third-order valence-electron chi connectivity index (χ3n) is 6.87. The van der Waals surface area contributed by atoms with Crippen LogP contribution in [0.15, 0.2) is 41.4 Å². The van der Waals surface area contributed by atoms with Gasteiger partial charge < -0.3 is 47.8 Å². The van der Waals surface area contributed by atoms with Crippen LogP contribution in [0.4, 0.5) is 36.4 Å². The van der Waals surface area contributed by atoms with Gasteiger partial charge in [-0.3, -0.25) is 14.6 Å². The summed E-state index contributed by atoms with van der Waals surface area (Å²) in [5, 5.41) is 41.7. The van der Waals surface area contributed by atoms with Gasteiger partial charge in [0.15, 0.2) is 5.96 Å². The Balaban J connectivity index is 0.000000780. The second-order valence-electron chi connectivity index (χ2n) is 10.6. The molecule has 1 aliphatic rings. The molecule has 0 bridgehead atoms. The minimum Gasteiger partial charge on any atom is -0.475 e. The smallest absolute Gasteiger partial charge is 0.475 e. The third-order valence-corrected chi connectivity index (χ3v) is 7.18. The van der Waals surface area contributed by atoms with E-state index in [0.717, 1.165) is 22.8 Å². The number of carbonyl (C=O) groups is 4. The number of guanidine groups is 1. The number of alkyl halides is 6. The highest BCUT2D eigenvalue weighted by molar-refractivity contribution is 6.39. The van der Waals surface area contributed by atoms with Crippen LogP contribution in [0.1, 0.15) is 41.5 Å². The first-order chi connectivity index (χ1) is 23.5. The number of carboxylic acids is 2. The molecule has 0 heterocycles. The zero-order valence-electron chi connectivity index (χ0n) is 26.4. The molecule has 51 heavy (non-hydrogen) atoms. The number of hydrogen-bond acceptors (Lipinski definition) is 8. The van der Waals surface area contributed by atoms with Crippen molar-refractivity contribution in [1.82, 2.24) is 10.6 Å². The van der Waals surface area contributed by atoms with Crippen molar-refractivity contribution in [2.24, 2.45) is 22.4 Å². The first-order valence-corrected chi connectivity index (χ1v) is 14.7. The molecule has 0 radical (unpaired) electrons. The Morgan fingerprint density at radius 2 is 1.51 bits per heavy atom. The fourth-order valence-corrected chi connectivity index (χ4v) is 4.79. The number of nitrogens with one attached hydrogen (secondary N) is 3. The topological polar surface area (TPSA) is 250 Å². The van der Waals surface area contributed by atoms with Gasteiger partial charge in [-0.1, -0.05) is 29.8 Å². The van der Waals surface area contributed by atoms with Crippen molar-refractivity contribution in [2.75, 3.05) is 25.5 Å². The number of hydrogen-bond donors (Lipinski definition) is 9. The van der Waals surface area contributed by atoms with Crippen LogP contribution in [0.5, 0.6) is 0 Å². The predicted molar refractivity (Wildman–Crippen MR) is 167 cm³/mol. The molecule has 3 rings (SSSR count). The lowest BCUT2D eigenvalue weighted by Gasteiger charge is -2.25. The summed E-state index contributed by atoms with van der Waals surface area (Å²) in [6.07, 6.45) is -10.2. The molecule has 11 N–H and O–H groups in total. The SMILES string of the molecule is CNCc1ccc2c(c1)[C@H](NC(=O)C(=O)Nc1ccc(Cl)c(F)c1)[C@@H](CN=C(N)N)[C@@H]2CC[C@H](O)CO.O=C(O)C(F)(F)F.O=C(O)C(F)(F)F. The van der Waals surface area contributed by atoms with E-state index in [1.54, 1.807) is 0 Å². The Kier molecular flexibility index (Phi) is 17.0. The average Bonchev–Trinajstić information content (AvgIpc) is 3.31. The lowest BCUT2D eigenvalue weighted by Crippen LogP contribution is -2.40. The van der Waals surface area contributed by atoms with E-state index in [-0.39, 0.29) is 41.7 Å². The number of aliphatic hydroxyl groups excluding tert-OH is 2. The number of anilines is 1. The Hall–Kier alpha value is -4.73. The van der Waals surface area contributed by atoms with Gasteiger partial charge in [0.1, 0.15) is 5.82 Å². The molecule has 0 unspecified atom stereocenters. The van der Waals surface area contributed by atoms with Gasteiger partial charge in [-0.15, -0.1) is 0 Å². The van der Waals surface area contributed by atoms with Crippen LogP contribution in [0.25, 0.3) is 0 Å². The van der Waals surface area contributed by atoms with Crippen LogP contribution in [-0.2, 0) is 25.7 Å². The van der Waals surface area contributed by atoms with Crippen molar-refractivity contribution in [3.63, 3.8) is 0 Å². The van der Waals surface area contributed by atoms with Crippen molar-refractivity contribution >= 4 is 47.0 Å².